The minimum absolute atomic E-state index is 0.375. The summed E-state index contributed by atoms with van der Waals surface area (Å²) in [6.07, 6.45) is 6.37. The molecule has 0 saturated heterocycles. The fourth-order valence-corrected chi connectivity index (χ4v) is 4.34. The quantitative estimate of drug-likeness (QED) is 0.643. The van der Waals surface area contributed by atoms with Crippen molar-refractivity contribution in [3.63, 3.8) is 0 Å². The first-order chi connectivity index (χ1) is 9.85. The van der Waals surface area contributed by atoms with Gasteiger partial charge in [-0.1, -0.05) is 44.4 Å². The van der Waals surface area contributed by atoms with E-state index in [0.29, 0.717) is 17.4 Å². The minimum Gasteiger partial charge on any atom is -0.271 e. The maximum absolute atomic E-state index is 5.95. The molecule has 0 spiro atoms. The Hall–Kier alpha value is -0.860. The standard InChI is InChI=1S/C19H32N2/c1-13-10-14(2)16(15(3)11-13)12-18(21-20)17-8-6-7-9-19(17,4)5/h10-11,17-18,21H,6-9,12,20H2,1-5H3. The van der Waals surface area contributed by atoms with E-state index in [1.807, 2.05) is 0 Å². The van der Waals surface area contributed by atoms with Gasteiger partial charge in [0, 0.05) is 6.04 Å². The van der Waals surface area contributed by atoms with Crippen LogP contribution in [0.25, 0.3) is 0 Å². The first-order valence-electron chi connectivity index (χ1n) is 8.38. The lowest BCUT2D eigenvalue weighted by Gasteiger charge is -2.43. The number of hydrazine groups is 1. The van der Waals surface area contributed by atoms with E-state index in [-0.39, 0.29) is 0 Å². The van der Waals surface area contributed by atoms with Crippen molar-refractivity contribution in [2.45, 2.75) is 72.8 Å². The second-order valence-corrected chi connectivity index (χ2v) is 7.70. The van der Waals surface area contributed by atoms with Crippen molar-refractivity contribution in [2.75, 3.05) is 0 Å². The Kier molecular flexibility index (Phi) is 5.11. The molecule has 0 aromatic heterocycles. The molecule has 2 rings (SSSR count). The van der Waals surface area contributed by atoms with Gasteiger partial charge in [0.05, 0.1) is 0 Å². The normalized spacial score (nSPS) is 23.0. The van der Waals surface area contributed by atoms with E-state index >= 15 is 0 Å². The molecule has 1 fully saturated rings. The molecular weight excluding hydrogens is 256 g/mol. The summed E-state index contributed by atoms with van der Waals surface area (Å²) >= 11 is 0. The fraction of sp³-hybridized carbons (Fsp3) is 0.684. The molecule has 1 aromatic rings. The van der Waals surface area contributed by atoms with Gasteiger partial charge in [-0.2, -0.15) is 0 Å². The Bertz CT molecular complexity index is 467. The third-order valence-electron chi connectivity index (χ3n) is 5.55. The first kappa shape index (κ1) is 16.5. The second-order valence-electron chi connectivity index (χ2n) is 7.70. The zero-order chi connectivity index (χ0) is 15.6. The van der Waals surface area contributed by atoms with Gasteiger partial charge < -0.3 is 0 Å². The molecule has 0 radical (unpaired) electrons. The highest BCUT2D eigenvalue weighted by Gasteiger charge is 2.37. The van der Waals surface area contributed by atoms with Crippen molar-refractivity contribution in [2.24, 2.45) is 17.2 Å². The molecule has 0 heterocycles. The smallest absolute Gasteiger partial charge is 0.0284 e. The molecular formula is C19H32N2. The van der Waals surface area contributed by atoms with Crippen LogP contribution in [0.1, 0.15) is 61.8 Å². The zero-order valence-corrected chi connectivity index (χ0v) is 14.4. The highest BCUT2D eigenvalue weighted by Crippen LogP contribution is 2.43. The zero-order valence-electron chi connectivity index (χ0n) is 14.4. The van der Waals surface area contributed by atoms with Crippen LogP contribution in [0, 0.1) is 32.1 Å². The summed E-state index contributed by atoms with van der Waals surface area (Å²) in [6, 6.07) is 4.96. The van der Waals surface area contributed by atoms with E-state index in [1.54, 1.807) is 0 Å². The van der Waals surface area contributed by atoms with Crippen molar-refractivity contribution < 1.29 is 0 Å². The van der Waals surface area contributed by atoms with Gasteiger partial charge in [0.25, 0.3) is 0 Å². The van der Waals surface area contributed by atoms with Gasteiger partial charge in [0.15, 0.2) is 0 Å². The van der Waals surface area contributed by atoms with Crippen LogP contribution in [-0.2, 0) is 6.42 Å². The fourth-order valence-electron chi connectivity index (χ4n) is 4.34. The van der Waals surface area contributed by atoms with Crippen LogP contribution in [0.15, 0.2) is 12.1 Å². The SMILES string of the molecule is Cc1cc(C)c(CC(NN)C2CCCCC2(C)C)c(C)c1. The molecule has 2 nitrogen and oxygen atoms in total. The Balaban J connectivity index is 2.23. The lowest BCUT2D eigenvalue weighted by molar-refractivity contribution is 0.0980. The number of hydrogen-bond acceptors (Lipinski definition) is 2. The average molecular weight is 288 g/mol. The van der Waals surface area contributed by atoms with Crippen LogP contribution < -0.4 is 11.3 Å². The largest absolute Gasteiger partial charge is 0.271 e. The van der Waals surface area contributed by atoms with Crippen molar-refractivity contribution in [3.8, 4) is 0 Å². The Labute approximate surface area is 130 Å². The van der Waals surface area contributed by atoms with Gasteiger partial charge in [-0.25, -0.2) is 0 Å². The van der Waals surface area contributed by atoms with Crippen molar-refractivity contribution in [1.29, 1.82) is 0 Å². The van der Waals surface area contributed by atoms with Crippen molar-refractivity contribution in [1.82, 2.24) is 5.43 Å². The Morgan fingerprint density at radius 1 is 1.19 bits per heavy atom. The highest BCUT2D eigenvalue weighted by molar-refractivity contribution is 5.38. The van der Waals surface area contributed by atoms with E-state index in [4.69, 9.17) is 5.84 Å². The number of nitrogens with two attached hydrogens (primary N) is 1. The summed E-state index contributed by atoms with van der Waals surface area (Å²) in [5.41, 5.74) is 9.17. The molecule has 1 aliphatic carbocycles. The Morgan fingerprint density at radius 3 is 2.33 bits per heavy atom. The molecule has 3 N–H and O–H groups in total. The number of rotatable bonds is 4. The lowest BCUT2D eigenvalue weighted by Crippen LogP contribution is -2.49. The molecule has 0 aliphatic heterocycles. The number of aryl methyl sites for hydroxylation is 3. The van der Waals surface area contributed by atoms with Gasteiger partial charge in [-0.05, 0) is 68.1 Å². The van der Waals surface area contributed by atoms with E-state index in [9.17, 15) is 0 Å². The van der Waals surface area contributed by atoms with Crippen LogP contribution >= 0.6 is 0 Å². The van der Waals surface area contributed by atoms with E-state index in [0.717, 1.165) is 6.42 Å². The summed E-state index contributed by atoms with van der Waals surface area (Å²) < 4.78 is 0. The van der Waals surface area contributed by atoms with Crippen LogP contribution in [-0.4, -0.2) is 6.04 Å². The van der Waals surface area contributed by atoms with E-state index in [1.165, 1.54) is 47.9 Å². The maximum atomic E-state index is 5.95. The minimum atomic E-state index is 0.375. The van der Waals surface area contributed by atoms with Crippen molar-refractivity contribution in [3.05, 3.63) is 34.4 Å². The van der Waals surface area contributed by atoms with Gasteiger partial charge >= 0.3 is 0 Å². The molecule has 1 saturated carbocycles. The van der Waals surface area contributed by atoms with Crippen LogP contribution in [0.5, 0.6) is 0 Å². The van der Waals surface area contributed by atoms with Gasteiger partial charge in [0.1, 0.15) is 0 Å². The Morgan fingerprint density at radius 2 is 1.81 bits per heavy atom. The monoisotopic (exact) mass is 288 g/mol. The third kappa shape index (κ3) is 3.67. The predicted molar refractivity (Wildman–Crippen MR) is 91.2 cm³/mol. The van der Waals surface area contributed by atoms with Crippen molar-refractivity contribution >= 4 is 0 Å². The van der Waals surface area contributed by atoms with E-state index in [2.05, 4.69) is 52.2 Å². The topological polar surface area (TPSA) is 38.0 Å². The van der Waals surface area contributed by atoms with Crippen LogP contribution in [0.4, 0.5) is 0 Å². The first-order valence-corrected chi connectivity index (χ1v) is 8.38. The predicted octanol–water partition coefficient (Wildman–Crippen LogP) is 4.20. The molecule has 0 bridgehead atoms. The molecule has 1 aliphatic rings. The summed E-state index contributed by atoms with van der Waals surface area (Å²) in [5, 5.41) is 0. The summed E-state index contributed by atoms with van der Waals surface area (Å²) in [7, 11) is 0. The molecule has 1 aromatic carbocycles. The summed E-state index contributed by atoms with van der Waals surface area (Å²) in [6.45, 7) is 11.5. The maximum Gasteiger partial charge on any atom is 0.0284 e. The second kappa shape index (κ2) is 6.50. The average Bonchev–Trinajstić information content (AvgIpc) is 2.38. The molecule has 2 unspecified atom stereocenters. The molecule has 2 atom stereocenters. The molecule has 21 heavy (non-hydrogen) atoms. The molecule has 118 valence electrons. The van der Waals surface area contributed by atoms with Crippen LogP contribution in [0.2, 0.25) is 0 Å². The van der Waals surface area contributed by atoms with Crippen LogP contribution in [0.3, 0.4) is 0 Å². The number of hydrogen-bond donors (Lipinski definition) is 2. The van der Waals surface area contributed by atoms with E-state index < -0.39 is 0 Å². The van der Waals surface area contributed by atoms with Gasteiger partial charge in [-0.15, -0.1) is 0 Å². The van der Waals surface area contributed by atoms with Gasteiger partial charge in [-0.3, -0.25) is 11.3 Å². The number of benzene rings is 1. The lowest BCUT2D eigenvalue weighted by atomic mass is 9.65. The van der Waals surface area contributed by atoms with Gasteiger partial charge in [0.2, 0.25) is 0 Å². The third-order valence-corrected chi connectivity index (χ3v) is 5.55. The molecule has 2 heteroatoms. The summed E-state index contributed by atoms with van der Waals surface area (Å²) in [4.78, 5) is 0. The highest BCUT2D eigenvalue weighted by atomic mass is 15.2. The summed E-state index contributed by atoms with van der Waals surface area (Å²) in [5.74, 6) is 6.62. The number of nitrogens with one attached hydrogen (secondary N) is 1. The molecule has 0 amide bonds.